The molecule has 27 heavy (non-hydrogen) atoms. The van der Waals surface area contributed by atoms with Gasteiger partial charge in [-0.1, -0.05) is 12.1 Å². The first-order chi connectivity index (χ1) is 12.7. The highest BCUT2D eigenvalue weighted by Crippen LogP contribution is 2.28. The predicted octanol–water partition coefficient (Wildman–Crippen LogP) is 3.49. The van der Waals surface area contributed by atoms with E-state index in [1.54, 1.807) is 17.0 Å². The van der Waals surface area contributed by atoms with Gasteiger partial charge in [-0.2, -0.15) is 5.10 Å². The number of ether oxygens (including phenoxy) is 1. The number of nitro benzene ring substituents is 1. The number of benzene rings is 1. The standard InChI is InChI=1S/C18H23N5O4/c1-18(2,3)27-17(24)22-9-7-12(8-10-22)15-19-16(21-20-15)13-5-4-6-14(11-13)23(25)26/h4-6,11-12H,7-10H2,1-3H3,(H,19,20,21). The molecule has 2 aromatic rings. The Morgan fingerprint density at radius 1 is 1.33 bits per heavy atom. The number of rotatable bonds is 3. The van der Waals surface area contributed by atoms with Crippen LogP contribution in [0.15, 0.2) is 24.3 Å². The van der Waals surface area contributed by atoms with Crippen molar-refractivity contribution in [1.29, 1.82) is 0 Å². The van der Waals surface area contributed by atoms with Crippen molar-refractivity contribution in [3.8, 4) is 11.4 Å². The lowest BCUT2D eigenvalue weighted by Gasteiger charge is -2.32. The van der Waals surface area contributed by atoms with Gasteiger partial charge < -0.3 is 9.64 Å². The van der Waals surface area contributed by atoms with Gasteiger partial charge in [0.1, 0.15) is 11.4 Å². The molecule has 1 amide bonds. The Bertz CT molecular complexity index is 834. The number of hydrogen-bond acceptors (Lipinski definition) is 6. The van der Waals surface area contributed by atoms with Crippen molar-refractivity contribution in [3.63, 3.8) is 0 Å². The fourth-order valence-electron chi connectivity index (χ4n) is 3.01. The molecule has 2 heterocycles. The number of likely N-dealkylation sites (tertiary alicyclic amines) is 1. The minimum absolute atomic E-state index is 0.00418. The van der Waals surface area contributed by atoms with Gasteiger partial charge in [0.15, 0.2) is 5.82 Å². The van der Waals surface area contributed by atoms with Crippen molar-refractivity contribution in [3.05, 3.63) is 40.2 Å². The fourth-order valence-corrected chi connectivity index (χ4v) is 3.01. The van der Waals surface area contributed by atoms with Crippen LogP contribution in [0.4, 0.5) is 10.5 Å². The van der Waals surface area contributed by atoms with Crippen molar-refractivity contribution < 1.29 is 14.5 Å². The van der Waals surface area contributed by atoms with Gasteiger partial charge in [-0.15, -0.1) is 0 Å². The Morgan fingerprint density at radius 3 is 2.67 bits per heavy atom. The Morgan fingerprint density at radius 2 is 2.04 bits per heavy atom. The van der Waals surface area contributed by atoms with Gasteiger partial charge in [-0.3, -0.25) is 15.2 Å². The number of amides is 1. The summed E-state index contributed by atoms with van der Waals surface area (Å²) in [6.07, 6.45) is 1.21. The van der Waals surface area contributed by atoms with Crippen LogP contribution in [0.2, 0.25) is 0 Å². The van der Waals surface area contributed by atoms with Crippen LogP contribution in [-0.2, 0) is 4.74 Å². The van der Waals surface area contributed by atoms with E-state index in [1.807, 2.05) is 20.8 Å². The Labute approximate surface area is 156 Å². The second kappa shape index (κ2) is 7.34. The summed E-state index contributed by atoms with van der Waals surface area (Å²) in [5, 5.41) is 18.1. The number of aromatic amines is 1. The van der Waals surface area contributed by atoms with Crippen molar-refractivity contribution in [2.75, 3.05) is 13.1 Å². The summed E-state index contributed by atoms with van der Waals surface area (Å²) in [6, 6.07) is 6.25. The summed E-state index contributed by atoms with van der Waals surface area (Å²) in [4.78, 5) is 28.8. The number of carbonyl (C=O) groups excluding carboxylic acids is 1. The monoisotopic (exact) mass is 373 g/mol. The summed E-state index contributed by atoms with van der Waals surface area (Å²) >= 11 is 0. The number of H-pyrrole nitrogens is 1. The summed E-state index contributed by atoms with van der Waals surface area (Å²) in [7, 11) is 0. The smallest absolute Gasteiger partial charge is 0.410 e. The predicted molar refractivity (Wildman–Crippen MR) is 98.3 cm³/mol. The van der Waals surface area contributed by atoms with E-state index in [1.165, 1.54) is 12.1 Å². The van der Waals surface area contributed by atoms with E-state index in [4.69, 9.17) is 4.74 Å². The van der Waals surface area contributed by atoms with Gasteiger partial charge in [0, 0.05) is 36.7 Å². The molecule has 1 N–H and O–H groups in total. The van der Waals surface area contributed by atoms with Crippen LogP contribution in [0.1, 0.15) is 45.4 Å². The summed E-state index contributed by atoms with van der Waals surface area (Å²) < 4.78 is 5.41. The molecule has 9 nitrogen and oxygen atoms in total. The first kappa shape index (κ1) is 18.8. The maximum absolute atomic E-state index is 12.1. The normalized spacial score (nSPS) is 15.6. The molecule has 0 spiro atoms. The van der Waals surface area contributed by atoms with Gasteiger partial charge in [0.2, 0.25) is 0 Å². The number of piperidine rings is 1. The zero-order valence-corrected chi connectivity index (χ0v) is 15.6. The third kappa shape index (κ3) is 4.60. The zero-order chi connectivity index (χ0) is 19.6. The summed E-state index contributed by atoms with van der Waals surface area (Å²) in [6.45, 7) is 6.73. The lowest BCUT2D eigenvalue weighted by Crippen LogP contribution is -2.41. The van der Waals surface area contributed by atoms with Crippen LogP contribution in [0.5, 0.6) is 0 Å². The fraction of sp³-hybridized carbons (Fsp3) is 0.500. The number of carbonyl (C=O) groups is 1. The van der Waals surface area contributed by atoms with Crippen LogP contribution >= 0.6 is 0 Å². The van der Waals surface area contributed by atoms with Crippen LogP contribution in [0, 0.1) is 10.1 Å². The minimum Gasteiger partial charge on any atom is -0.444 e. The van der Waals surface area contributed by atoms with E-state index in [2.05, 4.69) is 15.2 Å². The van der Waals surface area contributed by atoms with E-state index in [0.29, 0.717) is 24.5 Å². The molecular weight excluding hydrogens is 350 g/mol. The SMILES string of the molecule is CC(C)(C)OC(=O)N1CCC(c2nc(-c3cccc([N+](=O)[O-])c3)n[nH]2)CC1. The quantitative estimate of drug-likeness (QED) is 0.650. The third-order valence-corrected chi connectivity index (χ3v) is 4.35. The van der Waals surface area contributed by atoms with Crippen LogP contribution in [0.25, 0.3) is 11.4 Å². The number of nitrogens with zero attached hydrogens (tertiary/aromatic N) is 4. The van der Waals surface area contributed by atoms with Gasteiger partial charge in [0.25, 0.3) is 5.69 Å². The molecule has 1 saturated heterocycles. The molecule has 1 fully saturated rings. The highest BCUT2D eigenvalue weighted by atomic mass is 16.6. The van der Waals surface area contributed by atoms with Crippen molar-refractivity contribution in [1.82, 2.24) is 20.1 Å². The zero-order valence-electron chi connectivity index (χ0n) is 15.6. The lowest BCUT2D eigenvalue weighted by atomic mass is 9.96. The number of aromatic nitrogens is 3. The van der Waals surface area contributed by atoms with E-state index in [-0.39, 0.29) is 17.7 Å². The van der Waals surface area contributed by atoms with Crippen molar-refractivity contribution in [2.45, 2.75) is 45.1 Å². The van der Waals surface area contributed by atoms with Crippen LogP contribution in [0.3, 0.4) is 0 Å². The Kier molecular flexibility index (Phi) is 5.11. The minimum atomic E-state index is -0.508. The van der Waals surface area contributed by atoms with E-state index in [0.717, 1.165) is 18.7 Å². The number of hydrogen-bond donors (Lipinski definition) is 1. The largest absolute Gasteiger partial charge is 0.444 e. The average Bonchev–Trinajstić information content (AvgIpc) is 3.10. The molecule has 144 valence electrons. The highest BCUT2D eigenvalue weighted by Gasteiger charge is 2.29. The molecule has 0 unspecified atom stereocenters. The maximum Gasteiger partial charge on any atom is 0.410 e. The number of nitro groups is 1. The third-order valence-electron chi connectivity index (χ3n) is 4.35. The molecule has 1 aliphatic heterocycles. The molecule has 0 atom stereocenters. The number of non-ortho nitro benzene ring substituents is 1. The van der Waals surface area contributed by atoms with Gasteiger partial charge in [0.05, 0.1) is 4.92 Å². The summed E-state index contributed by atoms with van der Waals surface area (Å²) in [5.74, 6) is 1.33. The first-order valence-electron chi connectivity index (χ1n) is 8.88. The number of nitrogens with one attached hydrogen (secondary N) is 1. The second-order valence-corrected chi connectivity index (χ2v) is 7.59. The van der Waals surface area contributed by atoms with E-state index in [9.17, 15) is 14.9 Å². The highest BCUT2D eigenvalue weighted by molar-refractivity contribution is 5.68. The average molecular weight is 373 g/mol. The van der Waals surface area contributed by atoms with Gasteiger partial charge >= 0.3 is 6.09 Å². The molecule has 1 aliphatic rings. The molecular formula is C18H23N5O4. The molecule has 0 bridgehead atoms. The van der Waals surface area contributed by atoms with Gasteiger partial charge in [-0.25, -0.2) is 9.78 Å². The molecule has 1 aromatic carbocycles. The topological polar surface area (TPSA) is 114 Å². The molecule has 0 radical (unpaired) electrons. The van der Waals surface area contributed by atoms with E-state index >= 15 is 0 Å². The van der Waals surface area contributed by atoms with Crippen LogP contribution < -0.4 is 0 Å². The molecule has 3 rings (SSSR count). The molecule has 9 heteroatoms. The Balaban J connectivity index is 1.64. The van der Waals surface area contributed by atoms with Crippen molar-refractivity contribution >= 4 is 11.8 Å². The lowest BCUT2D eigenvalue weighted by molar-refractivity contribution is -0.384. The van der Waals surface area contributed by atoms with Crippen molar-refractivity contribution in [2.24, 2.45) is 0 Å². The maximum atomic E-state index is 12.1. The van der Waals surface area contributed by atoms with Gasteiger partial charge in [-0.05, 0) is 33.6 Å². The first-order valence-corrected chi connectivity index (χ1v) is 8.88. The van der Waals surface area contributed by atoms with Crippen LogP contribution in [-0.4, -0.2) is 49.8 Å². The molecule has 0 saturated carbocycles. The molecule has 1 aromatic heterocycles. The van der Waals surface area contributed by atoms with E-state index < -0.39 is 10.5 Å². The molecule has 0 aliphatic carbocycles. The summed E-state index contributed by atoms with van der Waals surface area (Å²) in [5.41, 5.74) is 0.0916. The Hall–Kier alpha value is -2.97. The second-order valence-electron chi connectivity index (χ2n) is 7.59.